The fourth-order valence-electron chi connectivity index (χ4n) is 2.90. The molecule has 3 aromatic rings. The van der Waals surface area contributed by atoms with Crippen molar-refractivity contribution in [1.82, 2.24) is 4.72 Å². The molecule has 4 rings (SSSR count). The van der Waals surface area contributed by atoms with Crippen LogP contribution in [-0.2, 0) is 0 Å². The smallest absolute Gasteiger partial charge is 0.297 e. The molecule has 128 valence electrons. The third-order valence-electron chi connectivity index (χ3n) is 4.45. The maximum absolute atomic E-state index is 14.4. The van der Waals surface area contributed by atoms with Crippen LogP contribution in [0.5, 0.6) is 0 Å². The van der Waals surface area contributed by atoms with Gasteiger partial charge in [-0.05, 0) is 43.5 Å². The highest BCUT2D eigenvalue weighted by molar-refractivity contribution is 7.98. The van der Waals surface area contributed by atoms with Crippen molar-refractivity contribution in [2.75, 3.05) is 11.4 Å². The average Bonchev–Trinajstić information content (AvgIpc) is 3.04. The van der Waals surface area contributed by atoms with Gasteiger partial charge in [0.05, 0.1) is 5.39 Å². The lowest BCUT2D eigenvalue weighted by atomic mass is 10.0. The van der Waals surface area contributed by atoms with Gasteiger partial charge >= 0.3 is 0 Å². The number of nitrogens with one attached hydrogen (secondary N) is 1. The van der Waals surface area contributed by atoms with Gasteiger partial charge < -0.3 is 9.32 Å². The largest absolute Gasteiger partial charge is 0.451 e. The lowest BCUT2D eigenvalue weighted by molar-refractivity contribution is 0.0959. The molecular weight excluding hydrogens is 339 g/mol. The van der Waals surface area contributed by atoms with Crippen molar-refractivity contribution in [3.8, 4) is 0 Å². The molecular formula is C19H17FN2O2S. The maximum Gasteiger partial charge on any atom is 0.297 e. The molecule has 1 saturated heterocycles. The molecule has 0 spiro atoms. The first-order valence-corrected chi connectivity index (χ1v) is 8.95. The quantitative estimate of drug-likeness (QED) is 0.694. The zero-order valence-electron chi connectivity index (χ0n) is 13.7. The molecule has 2 heterocycles. The molecule has 2 aromatic carbocycles. The second-order valence-electron chi connectivity index (χ2n) is 6.13. The van der Waals surface area contributed by atoms with Gasteiger partial charge in [0, 0.05) is 35.3 Å². The molecule has 1 aliphatic rings. The van der Waals surface area contributed by atoms with Gasteiger partial charge in [-0.2, -0.15) is 0 Å². The number of nitrogens with zero attached hydrogens (tertiary/aromatic N) is 1. The number of hydrogen-bond donors (Lipinski definition) is 1. The second-order valence-corrected chi connectivity index (χ2v) is 7.01. The van der Waals surface area contributed by atoms with Crippen LogP contribution in [0.15, 0.2) is 57.8 Å². The van der Waals surface area contributed by atoms with Crippen molar-refractivity contribution in [2.24, 2.45) is 0 Å². The molecule has 1 aromatic heterocycles. The topological polar surface area (TPSA) is 45.5 Å². The third kappa shape index (κ3) is 3.09. The summed E-state index contributed by atoms with van der Waals surface area (Å²) in [6.07, 6.45) is 1.10. The molecule has 1 unspecified atom stereocenters. The summed E-state index contributed by atoms with van der Waals surface area (Å²) in [6, 6.07) is 14.6. The Balaban J connectivity index is 1.56. The highest BCUT2D eigenvalue weighted by atomic mass is 32.2. The molecule has 0 saturated carbocycles. The molecule has 4 nitrogen and oxygen atoms in total. The number of anilines is 1. The van der Waals surface area contributed by atoms with Gasteiger partial charge in [0.25, 0.3) is 5.91 Å². The van der Waals surface area contributed by atoms with Gasteiger partial charge in [-0.15, -0.1) is 0 Å². The summed E-state index contributed by atoms with van der Waals surface area (Å²) in [6.45, 7) is 3.02. The molecule has 1 N–H and O–H groups in total. The van der Waals surface area contributed by atoms with E-state index < -0.39 is 0 Å². The Morgan fingerprint density at radius 3 is 2.76 bits per heavy atom. The van der Waals surface area contributed by atoms with E-state index in [0.29, 0.717) is 17.0 Å². The SMILES string of the molecule is CC1CCN1c1cc(F)c2cc(C(=O)NSc3ccccc3)oc2c1. The van der Waals surface area contributed by atoms with Crippen LogP contribution in [0, 0.1) is 5.82 Å². The standard InChI is InChI=1S/C19H17FN2O2S/c1-12-7-8-22(12)13-9-16(20)15-11-18(24-17(15)10-13)19(23)21-25-14-5-3-2-4-6-14/h2-6,9-12H,7-8H2,1H3,(H,21,23). The summed E-state index contributed by atoms with van der Waals surface area (Å²) >= 11 is 1.20. The number of rotatable bonds is 4. The Morgan fingerprint density at radius 1 is 1.28 bits per heavy atom. The van der Waals surface area contributed by atoms with E-state index in [0.717, 1.165) is 23.5 Å². The van der Waals surface area contributed by atoms with Crippen LogP contribution in [0.1, 0.15) is 23.9 Å². The van der Waals surface area contributed by atoms with Crippen molar-refractivity contribution in [2.45, 2.75) is 24.3 Å². The van der Waals surface area contributed by atoms with E-state index in [1.54, 1.807) is 6.07 Å². The zero-order valence-corrected chi connectivity index (χ0v) is 14.5. The minimum Gasteiger partial charge on any atom is -0.451 e. The van der Waals surface area contributed by atoms with E-state index in [2.05, 4.69) is 16.5 Å². The molecule has 1 atom stereocenters. The van der Waals surface area contributed by atoms with E-state index in [9.17, 15) is 9.18 Å². The van der Waals surface area contributed by atoms with Crippen molar-refractivity contribution < 1.29 is 13.6 Å². The van der Waals surface area contributed by atoms with Crippen molar-refractivity contribution in [3.05, 3.63) is 60.1 Å². The fraction of sp³-hybridized carbons (Fsp3) is 0.211. The number of halogens is 1. The van der Waals surface area contributed by atoms with Gasteiger partial charge in [-0.3, -0.25) is 9.52 Å². The number of amides is 1. The minimum atomic E-state index is -0.386. The normalized spacial score (nSPS) is 16.7. The van der Waals surface area contributed by atoms with Crippen LogP contribution in [0.3, 0.4) is 0 Å². The lowest BCUT2D eigenvalue weighted by Gasteiger charge is -2.40. The third-order valence-corrected chi connectivity index (χ3v) is 5.25. The van der Waals surface area contributed by atoms with E-state index >= 15 is 0 Å². The molecule has 25 heavy (non-hydrogen) atoms. The Bertz CT molecular complexity index is 926. The van der Waals surface area contributed by atoms with E-state index in [1.165, 1.54) is 24.1 Å². The predicted octanol–water partition coefficient (Wildman–Crippen LogP) is 4.61. The van der Waals surface area contributed by atoms with Crippen LogP contribution in [0.2, 0.25) is 0 Å². The first kappa shape index (κ1) is 16.0. The van der Waals surface area contributed by atoms with Crippen LogP contribution in [-0.4, -0.2) is 18.5 Å². The Hall–Kier alpha value is -2.47. The molecule has 1 aliphatic heterocycles. The molecule has 0 radical (unpaired) electrons. The van der Waals surface area contributed by atoms with Crippen molar-refractivity contribution in [3.63, 3.8) is 0 Å². The fourth-order valence-corrected chi connectivity index (χ4v) is 3.51. The Kier molecular flexibility index (Phi) is 4.13. The average molecular weight is 356 g/mol. The number of furan rings is 1. The monoisotopic (exact) mass is 356 g/mol. The number of hydrogen-bond acceptors (Lipinski definition) is 4. The molecule has 1 fully saturated rings. The lowest BCUT2D eigenvalue weighted by Crippen LogP contribution is -2.45. The number of fused-ring (bicyclic) bond motifs is 1. The summed E-state index contributed by atoms with van der Waals surface area (Å²) in [5.41, 5.74) is 1.19. The number of carbonyl (C=O) groups is 1. The predicted molar refractivity (Wildman–Crippen MR) is 97.4 cm³/mol. The summed E-state index contributed by atoms with van der Waals surface area (Å²) in [7, 11) is 0. The van der Waals surface area contributed by atoms with Crippen LogP contribution in [0.4, 0.5) is 10.1 Å². The van der Waals surface area contributed by atoms with E-state index in [4.69, 9.17) is 4.42 Å². The van der Waals surface area contributed by atoms with Crippen LogP contribution in [0.25, 0.3) is 11.0 Å². The number of carbonyl (C=O) groups excluding carboxylic acids is 1. The van der Waals surface area contributed by atoms with Crippen molar-refractivity contribution in [1.29, 1.82) is 0 Å². The minimum absolute atomic E-state index is 0.103. The molecule has 6 heteroatoms. The molecule has 0 bridgehead atoms. The van der Waals surface area contributed by atoms with Gasteiger partial charge in [-0.1, -0.05) is 18.2 Å². The highest BCUT2D eigenvalue weighted by Crippen LogP contribution is 2.32. The Labute approximate surface area is 149 Å². The summed E-state index contributed by atoms with van der Waals surface area (Å²) in [4.78, 5) is 15.3. The van der Waals surface area contributed by atoms with E-state index in [-0.39, 0.29) is 17.5 Å². The molecule has 1 amide bonds. The zero-order chi connectivity index (χ0) is 17.4. The molecule has 0 aliphatic carbocycles. The van der Waals surface area contributed by atoms with Crippen LogP contribution >= 0.6 is 11.9 Å². The maximum atomic E-state index is 14.4. The van der Waals surface area contributed by atoms with Gasteiger partial charge in [0.1, 0.15) is 11.4 Å². The van der Waals surface area contributed by atoms with Gasteiger partial charge in [0.15, 0.2) is 5.76 Å². The number of benzene rings is 2. The summed E-state index contributed by atoms with van der Waals surface area (Å²) < 4.78 is 22.7. The Morgan fingerprint density at radius 2 is 2.08 bits per heavy atom. The summed E-state index contributed by atoms with van der Waals surface area (Å²) in [5.74, 6) is -0.653. The van der Waals surface area contributed by atoms with E-state index in [1.807, 2.05) is 30.3 Å². The van der Waals surface area contributed by atoms with Gasteiger partial charge in [0.2, 0.25) is 0 Å². The second kappa shape index (κ2) is 6.44. The summed E-state index contributed by atoms with van der Waals surface area (Å²) in [5, 5.41) is 0.326. The van der Waals surface area contributed by atoms with Gasteiger partial charge in [-0.25, -0.2) is 4.39 Å². The first-order chi connectivity index (χ1) is 12.1. The first-order valence-electron chi connectivity index (χ1n) is 8.14. The highest BCUT2D eigenvalue weighted by Gasteiger charge is 2.25. The van der Waals surface area contributed by atoms with Crippen molar-refractivity contribution >= 4 is 34.5 Å². The van der Waals surface area contributed by atoms with Crippen LogP contribution < -0.4 is 9.62 Å².